The number of rotatable bonds is 4. The number of aromatic nitrogens is 1. The maximum Gasteiger partial charge on any atom is 0.136 e. The van der Waals surface area contributed by atoms with Gasteiger partial charge in [-0.2, -0.15) is 5.26 Å². The maximum atomic E-state index is 9.50. The molecule has 124 valence electrons. The Morgan fingerprint density at radius 3 is 2.60 bits per heavy atom. The van der Waals surface area contributed by atoms with Gasteiger partial charge in [-0.05, 0) is 49.6 Å². The number of benzene rings is 2. The average molecular weight is 345 g/mol. The standard InChI is InChI=1S/C21H19N3S/c1-14-8-9-17(10-16(14)3)20-13-25-21(24-20)18(11-22)12-23-19-7-5-4-6-15(19)2/h4-10,12-13,23H,1-3H3. The van der Waals surface area contributed by atoms with Crippen molar-refractivity contribution < 1.29 is 0 Å². The number of thiazole rings is 1. The van der Waals surface area contributed by atoms with Crippen molar-refractivity contribution in [2.75, 3.05) is 5.32 Å². The Morgan fingerprint density at radius 1 is 1.08 bits per heavy atom. The predicted octanol–water partition coefficient (Wildman–Crippen LogP) is 5.71. The second-order valence-corrected chi connectivity index (χ2v) is 6.82. The van der Waals surface area contributed by atoms with Crippen molar-refractivity contribution in [1.82, 2.24) is 4.98 Å². The number of anilines is 1. The molecule has 0 unspecified atom stereocenters. The van der Waals surface area contributed by atoms with E-state index in [2.05, 4.69) is 48.4 Å². The lowest BCUT2D eigenvalue weighted by Crippen LogP contribution is -1.93. The van der Waals surface area contributed by atoms with Gasteiger partial charge in [0.1, 0.15) is 16.6 Å². The van der Waals surface area contributed by atoms with Crippen molar-refractivity contribution in [2.45, 2.75) is 20.8 Å². The van der Waals surface area contributed by atoms with Crippen LogP contribution in [0.3, 0.4) is 0 Å². The van der Waals surface area contributed by atoms with Crippen LogP contribution in [0.2, 0.25) is 0 Å². The molecule has 0 radical (unpaired) electrons. The van der Waals surface area contributed by atoms with E-state index in [0.29, 0.717) is 5.57 Å². The molecule has 0 amide bonds. The number of nitrogens with zero attached hydrogens (tertiary/aromatic N) is 2. The van der Waals surface area contributed by atoms with Gasteiger partial charge in [-0.1, -0.05) is 30.3 Å². The molecule has 3 rings (SSSR count). The Hall–Kier alpha value is -2.90. The van der Waals surface area contributed by atoms with Crippen molar-refractivity contribution in [2.24, 2.45) is 0 Å². The highest BCUT2D eigenvalue weighted by Gasteiger charge is 2.09. The van der Waals surface area contributed by atoms with Gasteiger partial charge in [0.25, 0.3) is 0 Å². The number of para-hydroxylation sites is 1. The van der Waals surface area contributed by atoms with E-state index in [0.717, 1.165) is 27.5 Å². The van der Waals surface area contributed by atoms with Gasteiger partial charge in [0.15, 0.2) is 0 Å². The second kappa shape index (κ2) is 7.33. The van der Waals surface area contributed by atoms with Crippen molar-refractivity contribution in [1.29, 1.82) is 5.26 Å². The lowest BCUT2D eigenvalue weighted by Gasteiger charge is -2.05. The van der Waals surface area contributed by atoms with Gasteiger partial charge in [0, 0.05) is 22.8 Å². The lowest BCUT2D eigenvalue weighted by molar-refractivity contribution is 1.31. The van der Waals surface area contributed by atoms with Gasteiger partial charge in [-0.3, -0.25) is 0 Å². The fourth-order valence-electron chi connectivity index (χ4n) is 2.46. The molecule has 3 aromatic rings. The van der Waals surface area contributed by atoms with E-state index < -0.39 is 0 Å². The fourth-order valence-corrected chi connectivity index (χ4v) is 3.25. The number of allylic oxidation sites excluding steroid dienone is 1. The van der Waals surface area contributed by atoms with Crippen LogP contribution in [0.5, 0.6) is 0 Å². The topological polar surface area (TPSA) is 48.7 Å². The monoisotopic (exact) mass is 345 g/mol. The summed E-state index contributed by atoms with van der Waals surface area (Å²) in [5.41, 5.74) is 7.13. The molecule has 0 saturated carbocycles. The molecular formula is C21H19N3S. The van der Waals surface area contributed by atoms with Crippen LogP contribution in [0, 0.1) is 32.1 Å². The number of aryl methyl sites for hydroxylation is 3. The summed E-state index contributed by atoms with van der Waals surface area (Å²) in [4.78, 5) is 4.64. The van der Waals surface area contributed by atoms with Crippen LogP contribution in [-0.2, 0) is 0 Å². The van der Waals surface area contributed by atoms with Gasteiger partial charge in [-0.25, -0.2) is 4.98 Å². The number of hydrogen-bond donors (Lipinski definition) is 1. The highest BCUT2D eigenvalue weighted by molar-refractivity contribution is 7.11. The van der Waals surface area contributed by atoms with E-state index >= 15 is 0 Å². The molecule has 4 heteroatoms. The van der Waals surface area contributed by atoms with Crippen molar-refractivity contribution in [3.8, 4) is 17.3 Å². The quantitative estimate of drug-likeness (QED) is 0.616. The molecule has 25 heavy (non-hydrogen) atoms. The zero-order valence-electron chi connectivity index (χ0n) is 14.5. The van der Waals surface area contributed by atoms with Crippen LogP contribution in [0.25, 0.3) is 16.8 Å². The van der Waals surface area contributed by atoms with Crippen LogP contribution in [0.15, 0.2) is 54.0 Å². The van der Waals surface area contributed by atoms with Crippen LogP contribution in [0.1, 0.15) is 21.7 Å². The summed E-state index contributed by atoms with van der Waals surface area (Å²) >= 11 is 1.48. The lowest BCUT2D eigenvalue weighted by atomic mass is 10.1. The minimum absolute atomic E-state index is 0.531. The molecule has 0 fully saturated rings. The maximum absolute atomic E-state index is 9.50. The minimum atomic E-state index is 0.531. The van der Waals surface area contributed by atoms with E-state index in [1.807, 2.05) is 36.6 Å². The van der Waals surface area contributed by atoms with E-state index in [1.54, 1.807) is 6.20 Å². The molecule has 0 aliphatic heterocycles. The second-order valence-electron chi connectivity index (χ2n) is 5.97. The largest absolute Gasteiger partial charge is 0.360 e. The Morgan fingerprint density at radius 2 is 1.88 bits per heavy atom. The molecule has 3 nitrogen and oxygen atoms in total. The van der Waals surface area contributed by atoms with Gasteiger partial charge in [-0.15, -0.1) is 11.3 Å². The minimum Gasteiger partial charge on any atom is -0.360 e. The van der Waals surface area contributed by atoms with Gasteiger partial charge in [0.05, 0.1) is 5.69 Å². The van der Waals surface area contributed by atoms with E-state index in [9.17, 15) is 5.26 Å². The van der Waals surface area contributed by atoms with Gasteiger partial charge in [0.2, 0.25) is 0 Å². The summed E-state index contributed by atoms with van der Waals surface area (Å²) in [6.07, 6.45) is 1.73. The molecule has 0 atom stereocenters. The molecule has 0 bridgehead atoms. The predicted molar refractivity (Wildman–Crippen MR) is 105 cm³/mol. The summed E-state index contributed by atoms with van der Waals surface area (Å²) in [6.45, 7) is 6.22. The highest BCUT2D eigenvalue weighted by atomic mass is 32.1. The third kappa shape index (κ3) is 3.78. The highest BCUT2D eigenvalue weighted by Crippen LogP contribution is 2.27. The molecule has 1 N–H and O–H groups in total. The van der Waals surface area contributed by atoms with Crippen LogP contribution in [0.4, 0.5) is 5.69 Å². The Balaban J connectivity index is 1.86. The summed E-state index contributed by atoms with van der Waals surface area (Å²) < 4.78 is 0. The molecule has 0 aliphatic rings. The molecule has 0 aliphatic carbocycles. The Kier molecular flexibility index (Phi) is 4.97. The summed E-state index contributed by atoms with van der Waals surface area (Å²) in [7, 11) is 0. The number of nitriles is 1. The molecule has 2 aromatic carbocycles. The van der Waals surface area contributed by atoms with Gasteiger partial charge >= 0.3 is 0 Å². The van der Waals surface area contributed by atoms with Crippen molar-refractivity contribution >= 4 is 22.6 Å². The van der Waals surface area contributed by atoms with Crippen LogP contribution >= 0.6 is 11.3 Å². The zero-order chi connectivity index (χ0) is 17.8. The van der Waals surface area contributed by atoms with Gasteiger partial charge < -0.3 is 5.32 Å². The first-order chi connectivity index (χ1) is 12.1. The fraction of sp³-hybridized carbons (Fsp3) is 0.143. The first kappa shape index (κ1) is 16.9. The SMILES string of the molecule is Cc1ccc(-c2csc(C(C#N)=CNc3ccccc3C)n2)cc1C. The van der Waals surface area contributed by atoms with Crippen LogP contribution < -0.4 is 5.32 Å². The molecular weight excluding hydrogens is 326 g/mol. The van der Waals surface area contributed by atoms with E-state index in [4.69, 9.17) is 0 Å². The molecule has 1 heterocycles. The molecule has 0 saturated heterocycles. The summed E-state index contributed by atoms with van der Waals surface area (Å²) in [5, 5.41) is 15.4. The average Bonchev–Trinajstić information content (AvgIpc) is 3.09. The third-order valence-corrected chi connectivity index (χ3v) is 5.05. The van der Waals surface area contributed by atoms with Crippen molar-refractivity contribution in [3.05, 3.63) is 75.7 Å². The van der Waals surface area contributed by atoms with E-state index in [-0.39, 0.29) is 0 Å². The zero-order valence-corrected chi connectivity index (χ0v) is 15.3. The smallest absolute Gasteiger partial charge is 0.136 e. The Bertz CT molecular complexity index is 977. The Labute approximate surface area is 152 Å². The van der Waals surface area contributed by atoms with Crippen LogP contribution in [-0.4, -0.2) is 4.98 Å². The molecule has 1 aromatic heterocycles. The first-order valence-electron chi connectivity index (χ1n) is 8.04. The normalized spacial score (nSPS) is 11.2. The first-order valence-corrected chi connectivity index (χ1v) is 8.92. The third-order valence-electron chi connectivity index (χ3n) is 4.17. The van der Waals surface area contributed by atoms with E-state index in [1.165, 1.54) is 22.5 Å². The number of nitrogens with one attached hydrogen (secondary N) is 1. The van der Waals surface area contributed by atoms with Crippen molar-refractivity contribution in [3.63, 3.8) is 0 Å². The summed E-state index contributed by atoms with van der Waals surface area (Å²) in [6, 6.07) is 16.5. The molecule has 0 spiro atoms. The summed E-state index contributed by atoms with van der Waals surface area (Å²) in [5.74, 6) is 0. The number of hydrogen-bond acceptors (Lipinski definition) is 4.